The number of nitrogens with zero attached hydrogens (tertiary/aromatic N) is 1. The van der Waals surface area contributed by atoms with Crippen molar-refractivity contribution in [3.8, 4) is 0 Å². The Kier molecular flexibility index (Phi) is 5.41. The van der Waals surface area contributed by atoms with E-state index >= 15 is 0 Å². The molecule has 1 aromatic rings. The molecule has 1 N–H and O–H groups in total. The van der Waals surface area contributed by atoms with Crippen molar-refractivity contribution in [2.45, 2.75) is 45.7 Å². The van der Waals surface area contributed by atoms with E-state index in [9.17, 15) is 0 Å². The topological polar surface area (TPSA) is 15.3 Å². The van der Waals surface area contributed by atoms with Crippen LogP contribution in [-0.4, -0.2) is 36.6 Å². The number of hydrogen-bond donors (Lipinski definition) is 1. The first-order valence-corrected chi connectivity index (χ1v) is 7.70. The van der Waals surface area contributed by atoms with E-state index in [0.717, 1.165) is 18.9 Å². The van der Waals surface area contributed by atoms with Gasteiger partial charge in [0, 0.05) is 31.7 Å². The molecule has 2 heteroatoms. The van der Waals surface area contributed by atoms with Gasteiger partial charge in [-0.3, -0.25) is 4.90 Å². The molecule has 0 radical (unpaired) electrons. The lowest BCUT2D eigenvalue weighted by molar-refractivity contribution is 0.116. The first-order valence-electron chi connectivity index (χ1n) is 7.70. The fraction of sp³-hybridized carbons (Fsp3) is 0.647. The molecule has 1 aliphatic heterocycles. The Morgan fingerprint density at radius 3 is 2.74 bits per heavy atom. The summed E-state index contributed by atoms with van der Waals surface area (Å²) in [5.41, 5.74) is 1.46. The van der Waals surface area contributed by atoms with Crippen LogP contribution in [0.1, 0.15) is 32.8 Å². The number of hydrogen-bond acceptors (Lipinski definition) is 2. The minimum atomic E-state index is 0.621. The van der Waals surface area contributed by atoms with Crippen LogP contribution >= 0.6 is 0 Å². The van der Waals surface area contributed by atoms with Crippen LogP contribution in [0.15, 0.2) is 30.3 Å². The largest absolute Gasteiger partial charge is 0.311 e. The summed E-state index contributed by atoms with van der Waals surface area (Å²) in [4.78, 5) is 2.70. The van der Waals surface area contributed by atoms with Gasteiger partial charge in [-0.1, -0.05) is 50.6 Å². The van der Waals surface area contributed by atoms with E-state index in [1.807, 2.05) is 0 Å². The van der Waals surface area contributed by atoms with Crippen molar-refractivity contribution in [1.29, 1.82) is 0 Å². The lowest BCUT2D eigenvalue weighted by Crippen LogP contribution is -2.57. The Morgan fingerprint density at radius 1 is 1.32 bits per heavy atom. The SMILES string of the molecule is CCC(C)CN1CC(C)NCC1Cc1ccccc1. The summed E-state index contributed by atoms with van der Waals surface area (Å²) in [5.74, 6) is 0.795. The summed E-state index contributed by atoms with van der Waals surface area (Å²) in [6.45, 7) is 10.5. The van der Waals surface area contributed by atoms with Crippen LogP contribution in [0.3, 0.4) is 0 Å². The van der Waals surface area contributed by atoms with E-state index in [4.69, 9.17) is 0 Å². The second kappa shape index (κ2) is 7.06. The molecule has 1 saturated heterocycles. The summed E-state index contributed by atoms with van der Waals surface area (Å²) in [7, 11) is 0. The Hall–Kier alpha value is -0.860. The van der Waals surface area contributed by atoms with Crippen molar-refractivity contribution in [2.24, 2.45) is 5.92 Å². The van der Waals surface area contributed by atoms with Crippen molar-refractivity contribution < 1.29 is 0 Å². The van der Waals surface area contributed by atoms with Crippen molar-refractivity contribution >= 4 is 0 Å². The highest BCUT2D eigenvalue weighted by atomic mass is 15.2. The average Bonchev–Trinajstić information content (AvgIpc) is 2.43. The fourth-order valence-electron chi connectivity index (χ4n) is 2.87. The highest BCUT2D eigenvalue weighted by molar-refractivity contribution is 5.16. The van der Waals surface area contributed by atoms with E-state index in [-0.39, 0.29) is 0 Å². The number of piperazine rings is 1. The summed E-state index contributed by atoms with van der Waals surface area (Å²) in [6.07, 6.45) is 2.44. The Balaban J connectivity index is 1.99. The van der Waals surface area contributed by atoms with Gasteiger partial charge in [-0.05, 0) is 24.8 Å². The van der Waals surface area contributed by atoms with Crippen molar-refractivity contribution in [3.05, 3.63) is 35.9 Å². The zero-order chi connectivity index (χ0) is 13.7. The van der Waals surface area contributed by atoms with Crippen LogP contribution in [-0.2, 0) is 6.42 Å². The molecule has 0 aromatic heterocycles. The summed E-state index contributed by atoms with van der Waals surface area (Å²) < 4.78 is 0. The summed E-state index contributed by atoms with van der Waals surface area (Å²) >= 11 is 0. The third-order valence-corrected chi connectivity index (χ3v) is 4.28. The molecule has 2 rings (SSSR count). The zero-order valence-electron chi connectivity index (χ0n) is 12.6. The van der Waals surface area contributed by atoms with E-state index < -0.39 is 0 Å². The van der Waals surface area contributed by atoms with Crippen LogP contribution in [0.4, 0.5) is 0 Å². The summed E-state index contributed by atoms with van der Waals surface area (Å²) in [6, 6.07) is 12.2. The molecular weight excluding hydrogens is 232 g/mol. The molecule has 0 amide bonds. The third-order valence-electron chi connectivity index (χ3n) is 4.28. The smallest absolute Gasteiger partial charge is 0.0261 e. The summed E-state index contributed by atoms with van der Waals surface area (Å²) in [5, 5.41) is 3.63. The highest BCUT2D eigenvalue weighted by Gasteiger charge is 2.26. The molecule has 1 aliphatic rings. The van der Waals surface area contributed by atoms with Crippen molar-refractivity contribution in [3.63, 3.8) is 0 Å². The molecular formula is C17H28N2. The van der Waals surface area contributed by atoms with Gasteiger partial charge in [0.1, 0.15) is 0 Å². The Bertz CT molecular complexity index is 363. The minimum Gasteiger partial charge on any atom is -0.311 e. The maximum absolute atomic E-state index is 3.63. The van der Waals surface area contributed by atoms with E-state index in [2.05, 4.69) is 61.3 Å². The van der Waals surface area contributed by atoms with Gasteiger partial charge in [0.05, 0.1) is 0 Å². The Morgan fingerprint density at radius 2 is 2.05 bits per heavy atom. The number of benzene rings is 1. The molecule has 1 heterocycles. The van der Waals surface area contributed by atoms with Crippen LogP contribution < -0.4 is 5.32 Å². The van der Waals surface area contributed by atoms with Gasteiger partial charge in [0.2, 0.25) is 0 Å². The van der Waals surface area contributed by atoms with E-state index in [1.165, 1.54) is 25.1 Å². The standard InChI is InChI=1S/C17H28N2/c1-4-14(2)12-19-13-15(3)18-11-17(19)10-16-8-6-5-7-9-16/h5-9,14-15,17-18H,4,10-13H2,1-3H3. The van der Waals surface area contributed by atoms with Gasteiger partial charge in [-0.2, -0.15) is 0 Å². The first-order chi connectivity index (χ1) is 9.19. The second-order valence-electron chi connectivity index (χ2n) is 6.12. The molecule has 0 bridgehead atoms. The maximum atomic E-state index is 3.63. The molecule has 2 nitrogen and oxygen atoms in total. The van der Waals surface area contributed by atoms with Gasteiger partial charge >= 0.3 is 0 Å². The number of nitrogens with one attached hydrogen (secondary N) is 1. The minimum absolute atomic E-state index is 0.621. The highest BCUT2D eigenvalue weighted by Crippen LogP contribution is 2.16. The molecule has 0 aliphatic carbocycles. The van der Waals surface area contributed by atoms with Crippen molar-refractivity contribution in [2.75, 3.05) is 19.6 Å². The molecule has 1 fully saturated rings. The second-order valence-corrected chi connectivity index (χ2v) is 6.12. The first kappa shape index (κ1) is 14.5. The molecule has 106 valence electrons. The zero-order valence-corrected chi connectivity index (χ0v) is 12.6. The third kappa shape index (κ3) is 4.32. The molecule has 0 spiro atoms. The van der Waals surface area contributed by atoms with Gasteiger partial charge in [0.25, 0.3) is 0 Å². The molecule has 1 aromatic carbocycles. The van der Waals surface area contributed by atoms with Crippen LogP contribution in [0.5, 0.6) is 0 Å². The molecule has 0 saturated carbocycles. The quantitative estimate of drug-likeness (QED) is 0.875. The van der Waals surface area contributed by atoms with Crippen LogP contribution in [0, 0.1) is 5.92 Å². The van der Waals surface area contributed by atoms with E-state index in [0.29, 0.717) is 12.1 Å². The maximum Gasteiger partial charge on any atom is 0.0261 e. The molecule has 3 atom stereocenters. The van der Waals surface area contributed by atoms with Gasteiger partial charge in [0.15, 0.2) is 0 Å². The normalized spacial score (nSPS) is 26.3. The van der Waals surface area contributed by atoms with E-state index in [1.54, 1.807) is 0 Å². The van der Waals surface area contributed by atoms with Crippen molar-refractivity contribution in [1.82, 2.24) is 10.2 Å². The molecule has 19 heavy (non-hydrogen) atoms. The van der Waals surface area contributed by atoms with Gasteiger partial charge < -0.3 is 5.32 Å². The monoisotopic (exact) mass is 260 g/mol. The van der Waals surface area contributed by atoms with Crippen LogP contribution in [0.25, 0.3) is 0 Å². The number of rotatable bonds is 5. The van der Waals surface area contributed by atoms with Crippen LogP contribution in [0.2, 0.25) is 0 Å². The Labute approximate surface area is 118 Å². The predicted octanol–water partition coefficient (Wildman–Crippen LogP) is 2.94. The van der Waals surface area contributed by atoms with Gasteiger partial charge in [-0.25, -0.2) is 0 Å². The predicted molar refractivity (Wildman–Crippen MR) is 82.4 cm³/mol. The molecule has 3 unspecified atom stereocenters. The average molecular weight is 260 g/mol. The lowest BCUT2D eigenvalue weighted by atomic mass is 9.99. The lowest BCUT2D eigenvalue weighted by Gasteiger charge is -2.40. The van der Waals surface area contributed by atoms with Gasteiger partial charge in [-0.15, -0.1) is 0 Å². The fourth-order valence-corrected chi connectivity index (χ4v) is 2.87.